The van der Waals surface area contributed by atoms with Crippen molar-refractivity contribution in [1.29, 1.82) is 0 Å². The van der Waals surface area contributed by atoms with E-state index in [0.717, 1.165) is 5.56 Å². The summed E-state index contributed by atoms with van der Waals surface area (Å²) in [5.74, 6) is -0.396. The number of hydrogen-bond donors (Lipinski definition) is 0. The maximum atomic E-state index is 12.3. The maximum absolute atomic E-state index is 12.3. The fourth-order valence-electron chi connectivity index (χ4n) is 2.84. The molecule has 0 aromatic heterocycles. The molecule has 2 atom stereocenters. The van der Waals surface area contributed by atoms with Gasteiger partial charge >= 0.3 is 0 Å². The van der Waals surface area contributed by atoms with Gasteiger partial charge in [-0.3, -0.25) is 14.5 Å². The summed E-state index contributed by atoms with van der Waals surface area (Å²) in [7, 11) is 0. The summed E-state index contributed by atoms with van der Waals surface area (Å²) in [5, 5.41) is 0.621. The zero-order chi connectivity index (χ0) is 13.4. The van der Waals surface area contributed by atoms with Crippen LogP contribution in [-0.4, -0.2) is 16.7 Å². The SMILES string of the molecule is O=C1C2CC=CCC2C(=O)N1Cc1cccc(Cl)c1. The second kappa shape index (κ2) is 4.82. The molecule has 2 unspecified atom stereocenters. The molecule has 1 aliphatic carbocycles. The van der Waals surface area contributed by atoms with Crippen molar-refractivity contribution in [1.82, 2.24) is 4.90 Å². The quantitative estimate of drug-likeness (QED) is 0.615. The number of allylic oxidation sites excluding steroid dienone is 2. The Balaban J connectivity index is 1.82. The van der Waals surface area contributed by atoms with Crippen molar-refractivity contribution in [3.05, 3.63) is 47.0 Å². The van der Waals surface area contributed by atoms with E-state index in [9.17, 15) is 9.59 Å². The Morgan fingerprint density at radius 1 is 1.11 bits per heavy atom. The van der Waals surface area contributed by atoms with E-state index in [0.29, 0.717) is 24.4 Å². The van der Waals surface area contributed by atoms with E-state index in [2.05, 4.69) is 0 Å². The third kappa shape index (κ3) is 2.19. The Kier molecular flexibility index (Phi) is 3.15. The molecule has 2 amide bonds. The predicted molar refractivity (Wildman–Crippen MR) is 72.4 cm³/mol. The van der Waals surface area contributed by atoms with Crippen molar-refractivity contribution in [2.45, 2.75) is 19.4 Å². The van der Waals surface area contributed by atoms with Crippen LogP contribution >= 0.6 is 11.6 Å². The molecule has 4 heteroatoms. The largest absolute Gasteiger partial charge is 0.278 e. The van der Waals surface area contributed by atoms with Crippen LogP contribution < -0.4 is 0 Å². The molecule has 0 saturated carbocycles. The minimum atomic E-state index is -0.156. The molecule has 1 aromatic carbocycles. The Morgan fingerprint density at radius 3 is 2.32 bits per heavy atom. The molecule has 3 nitrogen and oxygen atoms in total. The van der Waals surface area contributed by atoms with Crippen LogP contribution in [0.15, 0.2) is 36.4 Å². The van der Waals surface area contributed by atoms with E-state index in [4.69, 9.17) is 11.6 Å². The first-order valence-electron chi connectivity index (χ1n) is 6.41. The average Bonchev–Trinajstić information content (AvgIpc) is 2.65. The fraction of sp³-hybridized carbons (Fsp3) is 0.333. The number of carbonyl (C=O) groups is 2. The van der Waals surface area contributed by atoms with Crippen LogP contribution in [0, 0.1) is 11.8 Å². The van der Waals surface area contributed by atoms with E-state index in [-0.39, 0.29) is 23.7 Å². The second-order valence-electron chi connectivity index (χ2n) is 5.05. The Morgan fingerprint density at radius 2 is 1.74 bits per heavy atom. The van der Waals surface area contributed by atoms with Crippen LogP contribution in [0.1, 0.15) is 18.4 Å². The van der Waals surface area contributed by atoms with Crippen molar-refractivity contribution >= 4 is 23.4 Å². The summed E-state index contributed by atoms with van der Waals surface area (Å²) in [6.07, 6.45) is 5.35. The lowest BCUT2D eigenvalue weighted by Crippen LogP contribution is -2.30. The normalized spacial score (nSPS) is 25.8. The summed E-state index contributed by atoms with van der Waals surface area (Å²) < 4.78 is 0. The molecule has 19 heavy (non-hydrogen) atoms. The van der Waals surface area contributed by atoms with Crippen molar-refractivity contribution in [3.63, 3.8) is 0 Å². The number of carbonyl (C=O) groups excluding carboxylic acids is 2. The molecule has 1 fully saturated rings. The molecule has 1 aromatic rings. The number of nitrogens with zero attached hydrogens (tertiary/aromatic N) is 1. The molecular weight excluding hydrogens is 262 g/mol. The standard InChI is InChI=1S/C15H14ClNO2/c16-11-5-3-4-10(8-11)9-17-14(18)12-6-1-2-7-13(12)15(17)19/h1-5,8,12-13H,6-7,9H2. The first-order valence-corrected chi connectivity index (χ1v) is 6.79. The van der Waals surface area contributed by atoms with Gasteiger partial charge in [0.2, 0.25) is 11.8 Å². The zero-order valence-electron chi connectivity index (χ0n) is 10.4. The first-order chi connectivity index (χ1) is 9.16. The fourth-order valence-corrected chi connectivity index (χ4v) is 3.06. The third-order valence-corrected chi connectivity index (χ3v) is 4.06. The number of halogens is 1. The van der Waals surface area contributed by atoms with E-state index >= 15 is 0 Å². The molecule has 1 saturated heterocycles. The topological polar surface area (TPSA) is 37.4 Å². The molecule has 0 bridgehead atoms. The van der Waals surface area contributed by atoms with Gasteiger partial charge in [-0.2, -0.15) is 0 Å². The van der Waals surface area contributed by atoms with Crippen molar-refractivity contribution < 1.29 is 9.59 Å². The monoisotopic (exact) mass is 275 g/mol. The summed E-state index contributed by atoms with van der Waals surface area (Å²) >= 11 is 5.93. The van der Waals surface area contributed by atoms with Crippen molar-refractivity contribution in [2.75, 3.05) is 0 Å². The molecule has 2 aliphatic rings. The number of hydrogen-bond acceptors (Lipinski definition) is 2. The highest BCUT2D eigenvalue weighted by Gasteiger charge is 2.46. The van der Waals surface area contributed by atoms with E-state index in [1.54, 1.807) is 12.1 Å². The minimum absolute atomic E-state index is 0.0423. The highest BCUT2D eigenvalue weighted by molar-refractivity contribution is 6.30. The van der Waals surface area contributed by atoms with Gasteiger partial charge in [0.15, 0.2) is 0 Å². The summed E-state index contributed by atoms with van der Waals surface area (Å²) in [6.45, 7) is 0.325. The number of benzene rings is 1. The molecule has 0 spiro atoms. The number of likely N-dealkylation sites (tertiary alicyclic amines) is 1. The average molecular weight is 276 g/mol. The smallest absolute Gasteiger partial charge is 0.233 e. The number of imide groups is 1. The molecule has 3 rings (SSSR count). The zero-order valence-corrected chi connectivity index (χ0v) is 11.1. The van der Waals surface area contributed by atoms with Gasteiger partial charge in [0.1, 0.15) is 0 Å². The van der Waals surface area contributed by atoms with Gasteiger partial charge in [-0.05, 0) is 30.5 Å². The highest BCUT2D eigenvalue weighted by atomic mass is 35.5. The lowest BCUT2D eigenvalue weighted by Gasteiger charge is -2.14. The van der Waals surface area contributed by atoms with Gasteiger partial charge in [-0.1, -0.05) is 35.9 Å². The number of rotatable bonds is 2. The molecular formula is C15H14ClNO2. The van der Waals surface area contributed by atoms with Crippen LogP contribution in [0.25, 0.3) is 0 Å². The first kappa shape index (κ1) is 12.4. The van der Waals surface area contributed by atoms with Crippen LogP contribution in [0.3, 0.4) is 0 Å². The third-order valence-electron chi connectivity index (χ3n) is 3.83. The molecule has 98 valence electrons. The van der Waals surface area contributed by atoms with E-state index < -0.39 is 0 Å². The number of amides is 2. The predicted octanol–water partition coefficient (Wildman–Crippen LogP) is 2.79. The maximum Gasteiger partial charge on any atom is 0.233 e. The lowest BCUT2D eigenvalue weighted by molar-refractivity contribution is -0.140. The van der Waals surface area contributed by atoms with Crippen LogP contribution in [0.4, 0.5) is 0 Å². The Hall–Kier alpha value is -1.61. The van der Waals surface area contributed by atoms with Gasteiger partial charge in [0.05, 0.1) is 18.4 Å². The van der Waals surface area contributed by atoms with E-state index in [1.165, 1.54) is 4.90 Å². The van der Waals surface area contributed by atoms with Crippen molar-refractivity contribution in [2.24, 2.45) is 11.8 Å². The second-order valence-corrected chi connectivity index (χ2v) is 5.48. The van der Waals surface area contributed by atoms with Gasteiger partial charge in [-0.25, -0.2) is 0 Å². The molecule has 1 heterocycles. The van der Waals surface area contributed by atoms with E-state index in [1.807, 2.05) is 24.3 Å². The van der Waals surface area contributed by atoms with Gasteiger partial charge < -0.3 is 0 Å². The van der Waals surface area contributed by atoms with Gasteiger partial charge in [0, 0.05) is 5.02 Å². The highest BCUT2D eigenvalue weighted by Crippen LogP contribution is 2.35. The lowest BCUT2D eigenvalue weighted by atomic mass is 9.85. The molecule has 0 N–H and O–H groups in total. The van der Waals surface area contributed by atoms with Gasteiger partial charge in [-0.15, -0.1) is 0 Å². The molecule has 1 aliphatic heterocycles. The van der Waals surface area contributed by atoms with Crippen molar-refractivity contribution in [3.8, 4) is 0 Å². The molecule has 0 radical (unpaired) electrons. The summed E-state index contributed by atoms with van der Waals surface area (Å²) in [5.41, 5.74) is 0.890. The summed E-state index contributed by atoms with van der Waals surface area (Å²) in [6, 6.07) is 7.29. The Bertz CT molecular complexity index is 541. The summed E-state index contributed by atoms with van der Waals surface area (Å²) in [4.78, 5) is 25.9. The van der Waals surface area contributed by atoms with Crippen LogP contribution in [0.5, 0.6) is 0 Å². The van der Waals surface area contributed by atoms with Crippen LogP contribution in [0.2, 0.25) is 5.02 Å². The number of fused-ring (bicyclic) bond motifs is 1. The Labute approximate surface area is 116 Å². The van der Waals surface area contributed by atoms with Gasteiger partial charge in [0.25, 0.3) is 0 Å². The minimum Gasteiger partial charge on any atom is -0.278 e. The van der Waals surface area contributed by atoms with Crippen LogP contribution in [-0.2, 0) is 16.1 Å².